The molecule has 0 unspecified atom stereocenters. The van der Waals surface area contributed by atoms with Crippen LogP contribution in [0.2, 0.25) is 0 Å². The van der Waals surface area contributed by atoms with Crippen LogP contribution in [0.4, 0.5) is 0 Å². The quantitative estimate of drug-likeness (QED) is 0.859. The van der Waals surface area contributed by atoms with Crippen LogP contribution in [0.15, 0.2) is 42.6 Å². The molecule has 1 amide bonds. The molecule has 108 valence electrons. The first kappa shape index (κ1) is 13.8. The average Bonchev–Trinajstić information content (AvgIpc) is 2.53. The average molecular weight is 282 g/mol. The molecule has 1 fully saturated rings. The number of para-hydroxylation sites is 1. The summed E-state index contributed by atoms with van der Waals surface area (Å²) in [6.45, 7) is 1.25. The van der Waals surface area contributed by atoms with Gasteiger partial charge in [-0.3, -0.25) is 9.78 Å². The number of hydrogen-bond acceptors (Lipinski definition) is 3. The van der Waals surface area contributed by atoms with E-state index < -0.39 is 0 Å². The lowest BCUT2D eigenvalue weighted by molar-refractivity contribution is -0.127. The zero-order valence-electron chi connectivity index (χ0n) is 11.8. The lowest BCUT2D eigenvalue weighted by Gasteiger charge is -2.28. The molecule has 1 aliphatic heterocycles. The van der Waals surface area contributed by atoms with Gasteiger partial charge in [0.1, 0.15) is 0 Å². The Hall–Kier alpha value is -2.20. The molecule has 1 aliphatic rings. The molecule has 4 heteroatoms. The second kappa shape index (κ2) is 6.06. The number of aromatic nitrogens is 1. The number of aliphatic hydroxyl groups is 1. The van der Waals surface area contributed by atoms with Gasteiger partial charge in [0.05, 0.1) is 11.6 Å². The summed E-state index contributed by atoms with van der Waals surface area (Å²) in [6.07, 6.45) is 6.28. The molecular weight excluding hydrogens is 264 g/mol. The van der Waals surface area contributed by atoms with Crippen molar-refractivity contribution in [2.45, 2.75) is 18.9 Å². The van der Waals surface area contributed by atoms with Gasteiger partial charge in [0.2, 0.25) is 5.91 Å². The summed E-state index contributed by atoms with van der Waals surface area (Å²) in [7, 11) is 0. The lowest BCUT2D eigenvalue weighted by atomic mass is 10.1. The number of rotatable bonds is 2. The highest BCUT2D eigenvalue weighted by Gasteiger charge is 2.19. The number of carbonyl (C=O) groups is 1. The Morgan fingerprint density at radius 1 is 1.24 bits per heavy atom. The first-order chi connectivity index (χ1) is 10.2. The zero-order valence-corrected chi connectivity index (χ0v) is 11.8. The minimum absolute atomic E-state index is 0.00259. The summed E-state index contributed by atoms with van der Waals surface area (Å²) in [5.41, 5.74) is 1.92. The van der Waals surface area contributed by atoms with Crippen molar-refractivity contribution in [2.75, 3.05) is 13.1 Å². The van der Waals surface area contributed by atoms with Crippen molar-refractivity contribution in [3.8, 4) is 0 Å². The zero-order chi connectivity index (χ0) is 14.7. The van der Waals surface area contributed by atoms with E-state index in [-0.39, 0.29) is 12.0 Å². The summed E-state index contributed by atoms with van der Waals surface area (Å²) in [5.74, 6) is 0.00259. The van der Waals surface area contributed by atoms with Gasteiger partial charge in [-0.15, -0.1) is 0 Å². The van der Waals surface area contributed by atoms with Crippen LogP contribution in [0.1, 0.15) is 18.4 Å². The number of carbonyl (C=O) groups excluding carboxylic acids is 1. The van der Waals surface area contributed by atoms with E-state index in [1.807, 2.05) is 36.4 Å². The summed E-state index contributed by atoms with van der Waals surface area (Å²) in [4.78, 5) is 18.3. The van der Waals surface area contributed by atoms with Gasteiger partial charge < -0.3 is 10.0 Å². The van der Waals surface area contributed by atoms with E-state index in [0.29, 0.717) is 25.9 Å². The van der Waals surface area contributed by atoms with Crippen molar-refractivity contribution in [1.29, 1.82) is 0 Å². The monoisotopic (exact) mass is 282 g/mol. The number of hydrogen-bond donors (Lipinski definition) is 1. The van der Waals surface area contributed by atoms with Crippen LogP contribution in [-0.2, 0) is 4.79 Å². The van der Waals surface area contributed by atoms with Gasteiger partial charge in [0, 0.05) is 30.7 Å². The van der Waals surface area contributed by atoms with E-state index in [4.69, 9.17) is 0 Å². The first-order valence-corrected chi connectivity index (χ1v) is 7.23. The van der Waals surface area contributed by atoms with Gasteiger partial charge in [-0.25, -0.2) is 0 Å². The summed E-state index contributed by atoms with van der Waals surface area (Å²) in [6, 6.07) is 9.79. The van der Waals surface area contributed by atoms with Crippen molar-refractivity contribution < 1.29 is 9.90 Å². The van der Waals surface area contributed by atoms with Crippen molar-refractivity contribution in [3.05, 3.63) is 48.2 Å². The number of aliphatic hydroxyl groups excluding tert-OH is 1. The molecule has 0 saturated carbocycles. The molecule has 1 aromatic carbocycles. The summed E-state index contributed by atoms with van der Waals surface area (Å²) in [5, 5.41) is 10.5. The van der Waals surface area contributed by atoms with Crippen LogP contribution < -0.4 is 0 Å². The van der Waals surface area contributed by atoms with E-state index >= 15 is 0 Å². The molecule has 21 heavy (non-hydrogen) atoms. The fourth-order valence-electron chi connectivity index (χ4n) is 2.62. The molecular formula is C17H18N2O2. The summed E-state index contributed by atoms with van der Waals surface area (Å²) >= 11 is 0. The maximum Gasteiger partial charge on any atom is 0.246 e. The standard InChI is InChI=1S/C17H18N2O2/c20-14-8-11-19(12-9-14)17(21)6-5-13-7-10-18-16-4-2-1-3-15(13)16/h1-7,10,14,20H,8-9,11-12H2. The van der Waals surface area contributed by atoms with Gasteiger partial charge in [0.15, 0.2) is 0 Å². The SMILES string of the molecule is O=C(C=Cc1ccnc2ccccc12)N1CCC(O)CC1. The van der Waals surface area contributed by atoms with Crippen molar-refractivity contribution in [3.63, 3.8) is 0 Å². The van der Waals surface area contributed by atoms with Gasteiger partial charge in [-0.05, 0) is 36.6 Å². The van der Waals surface area contributed by atoms with Crippen LogP contribution in [0.25, 0.3) is 17.0 Å². The van der Waals surface area contributed by atoms with Crippen LogP contribution in [0, 0.1) is 0 Å². The van der Waals surface area contributed by atoms with Gasteiger partial charge in [-0.2, -0.15) is 0 Å². The van der Waals surface area contributed by atoms with Gasteiger partial charge in [0.25, 0.3) is 0 Å². The second-order valence-corrected chi connectivity index (χ2v) is 5.31. The Morgan fingerprint density at radius 2 is 2.00 bits per heavy atom. The third-order valence-corrected chi connectivity index (χ3v) is 3.86. The predicted octanol–water partition coefficient (Wildman–Crippen LogP) is 2.23. The minimum Gasteiger partial charge on any atom is -0.393 e. The maximum absolute atomic E-state index is 12.2. The van der Waals surface area contributed by atoms with Crippen LogP contribution in [-0.4, -0.2) is 40.1 Å². The fraction of sp³-hybridized carbons (Fsp3) is 0.294. The molecule has 1 aromatic heterocycles. The van der Waals surface area contributed by atoms with Gasteiger partial charge >= 0.3 is 0 Å². The van der Waals surface area contributed by atoms with E-state index in [0.717, 1.165) is 16.5 Å². The smallest absolute Gasteiger partial charge is 0.246 e. The molecule has 4 nitrogen and oxygen atoms in total. The van der Waals surface area contributed by atoms with Crippen molar-refractivity contribution in [1.82, 2.24) is 9.88 Å². The number of likely N-dealkylation sites (tertiary alicyclic amines) is 1. The Morgan fingerprint density at radius 3 is 2.81 bits per heavy atom. The normalized spacial score (nSPS) is 16.7. The molecule has 2 heterocycles. The Balaban J connectivity index is 1.77. The Labute approximate surface area is 123 Å². The number of fused-ring (bicyclic) bond motifs is 1. The minimum atomic E-state index is -0.262. The second-order valence-electron chi connectivity index (χ2n) is 5.31. The number of piperidine rings is 1. The molecule has 0 radical (unpaired) electrons. The van der Waals surface area contributed by atoms with E-state index in [9.17, 15) is 9.90 Å². The van der Waals surface area contributed by atoms with E-state index in [2.05, 4.69) is 4.98 Å². The molecule has 3 rings (SSSR count). The number of amides is 1. The highest BCUT2D eigenvalue weighted by molar-refractivity contribution is 5.95. The van der Waals surface area contributed by atoms with E-state index in [1.54, 1.807) is 17.2 Å². The van der Waals surface area contributed by atoms with Gasteiger partial charge in [-0.1, -0.05) is 18.2 Å². The molecule has 1 saturated heterocycles. The van der Waals surface area contributed by atoms with Crippen LogP contribution in [0.5, 0.6) is 0 Å². The van der Waals surface area contributed by atoms with E-state index in [1.165, 1.54) is 0 Å². The third-order valence-electron chi connectivity index (χ3n) is 3.86. The molecule has 0 spiro atoms. The highest BCUT2D eigenvalue weighted by Crippen LogP contribution is 2.18. The topological polar surface area (TPSA) is 53.4 Å². The Kier molecular flexibility index (Phi) is 3.97. The van der Waals surface area contributed by atoms with Crippen LogP contribution >= 0.6 is 0 Å². The highest BCUT2D eigenvalue weighted by atomic mass is 16.3. The molecule has 0 bridgehead atoms. The van der Waals surface area contributed by atoms with Crippen molar-refractivity contribution in [2.24, 2.45) is 0 Å². The number of pyridine rings is 1. The van der Waals surface area contributed by atoms with Crippen LogP contribution in [0.3, 0.4) is 0 Å². The molecule has 0 atom stereocenters. The maximum atomic E-state index is 12.2. The van der Waals surface area contributed by atoms with Crippen molar-refractivity contribution >= 4 is 22.9 Å². The third kappa shape index (κ3) is 3.11. The number of nitrogens with zero attached hydrogens (tertiary/aromatic N) is 2. The lowest BCUT2D eigenvalue weighted by Crippen LogP contribution is -2.39. The molecule has 0 aliphatic carbocycles. The largest absolute Gasteiger partial charge is 0.393 e. The predicted molar refractivity (Wildman–Crippen MR) is 82.6 cm³/mol. The first-order valence-electron chi connectivity index (χ1n) is 7.23. The molecule has 1 N–H and O–H groups in total. The Bertz CT molecular complexity index is 668. The fourth-order valence-corrected chi connectivity index (χ4v) is 2.62. The summed E-state index contributed by atoms with van der Waals surface area (Å²) < 4.78 is 0. The number of benzene rings is 1. The molecule has 2 aromatic rings.